The van der Waals surface area contributed by atoms with Gasteiger partial charge in [-0.1, -0.05) is 11.2 Å². The second-order valence-corrected chi connectivity index (χ2v) is 6.09. The largest absolute Gasteiger partial charge is 0.449 e. The maximum absolute atomic E-state index is 13.2. The zero-order chi connectivity index (χ0) is 20.3. The molecule has 1 atom stereocenters. The van der Waals surface area contributed by atoms with Gasteiger partial charge in [0.2, 0.25) is 0 Å². The number of hydrogen-bond acceptors (Lipinski definition) is 6. The van der Waals surface area contributed by atoms with Gasteiger partial charge in [-0.15, -0.1) is 6.58 Å². The number of carbonyl (C=O) groups is 2. The maximum Gasteiger partial charge on any atom is 0.339 e. The van der Waals surface area contributed by atoms with Crippen LogP contribution in [0.25, 0.3) is 22.4 Å². The molecule has 2 heterocycles. The molecule has 1 N–H and O–H groups in total. The van der Waals surface area contributed by atoms with Crippen LogP contribution < -0.4 is 5.32 Å². The van der Waals surface area contributed by atoms with Gasteiger partial charge < -0.3 is 14.6 Å². The Hall–Kier alpha value is -3.55. The van der Waals surface area contributed by atoms with Crippen molar-refractivity contribution in [2.45, 2.75) is 20.0 Å². The Bertz CT molecular complexity index is 1040. The smallest absolute Gasteiger partial charge is 0.339 e. The average Bonchev–Trinajstić information content (AvgIpc) is 3.06. The third-order valence-electron chi connectivity index (χ3n) is 4.05. The standard InChI is InChI=1S/C20H18FN3O4/c1-4-9-22-18(25)12(3)27-20(26)15-10-16(13-5-7-14(21)8-6-13)23-19-17(15)11(2)24-28-19/h4-8,10,12H,1,9H2,2-3H3,(H,22,25). The molecule has 0 radical (unpaired) electrons. The summed E-state index contributed by atoms with van der Waals surface area (Å²) in [6.07, 6.45) is 0.513. The van der Waals surface area contributed by atoms with Gasteiger partial charge in [-0.25, -0.2) is 14.2 Å². The molecule has 0 bridgehead atoms. The fraction of sp³-hybridized carbons (Fsp3) is 0.200. The predicted molar refractivity (Wildman–Crippen MR) is 100 cm³/mol. The zero-order valence-electron chi connectivity index (χ0n) is 15.4. The van der Waals surface area contributed by atoms with Gasteiger partial charge in [0.1, 0.15) is 5.82 Å². The van der Waals surface area contributed by atoms with Crippen LogP contribution in [0.1, 0.15) is 23.0 Å². The summed E-state index contributed by atoms with van der Waals surface area (Å²) < 4.78 is 23.7. The molecule has 0 saturated heterocycles. The van der Waals surface area contributed by atoms with Crippen molar-refractivity contribution in [2.75, 3.05) is 6.54 Å². The Labute approximate surface area is 160 Å². The van der Waals surface area contributed by atoms with Crippen molar-refractivity contribution in [2.24, 2.45) is 0 Å². The van der Waals surface area contributed by atoms with Crippen LogP contribution in [-0.2, 0) is 9.53 Å². The number of benzene rings is 1. The van der Waals surface area contributed by atoms with Gasteiger partial charge in [0.05, 0.1) is 22.3 Å². The number of pyridine rings is 1. The summed E-state index contributed by atoms with van der Waals surface area (Å²) in [6, 6.07) is 7.16. The Morgan fingerprint density at radius 3 is 2.75 bits per heavy atom. The van der Waals surface area contributed by atoms with Crippen LogP contribution in [0.15, 0.2) is 47.5 Å². The van der Waals surface area contributed by atoms with Gasteiger partial charge in [0, 0.05) is 12.1 Å². The SMILES string of the molecule is C=CCNC(=O)C(C)OC(=O)c1cc(-c2ccc(F)cc2)nc2onc(C)c12. The number of ether oxygens (including phenoxy) is 1. The molecule has 1 unspecified atom stereocenters. The molecule has 2 aromatic heterocycles. The lowest BCUT2D eigenvalue weighted by Crippen LogP contribution is -2.35. The normalized spacial score (nSPS) is 11.8. The number of fused-ring (bicyclic) bond motifs is 1. The molecule has 0 aliphatic rings. The lowest BCUT2D eigenvalue weighted by molar-refractivity contribution is -0.128. The van der Waals surface area contributed by atoms with E-state index < -0.39 is 18.0 Å². The topological polar surface area (TPSA) is 94.3 Å². The molecular weight excluding hydrogens is 365 g/mol. The predicted octanol–water partition coefficient (Wildman–Crippen LogP) is 3.18. The van der Waals surface area contributed by atoms with Crippen LogP contribution in [0, 0.1) is 12.7 Å². The average molecular weight is 383 g/mol. The van der Waals surface area contributed by atoms with Crippen molar-refractivity contribution in [3.05, 3.63) is 60.1 Å². The molecule has 0 spiro atoms. The van der Waals surface area contributed by atoms with E-state index in [0.29, 0.717) is 22.3 Å². The lowest BCUT2D eigenvalue weighted by Gasteiger charge is -2.13. The molecule has 0 saturated carbocycles. The van der Waals surface area contributed by atoms with Crippen molar-refractivity contribution in [1.82, 2.24) is 15.5 Å². The molecule has 1 amide bonds. The highest BCUT2D eigenvalue weighted by atomic mass is 19.1. The van der Waals surface area contributed by atoms with Crippen LogP contribution in [0.5, 0.6) is 0 Å². The number of rotatable bonds is 6. The summed E-state index contributed by atoms with van der Waals surface area (Å²) in [6.45, 7) is 6.91. The van der Waals surface area contributed by atoms with Crippen molar-refractivity contribution in [3.63, 3.8) is 0 Å². The minimum Gasteiger partial charge on any atom is -0.449 e. The van der Waals surface area contributed by atoms with Crippen molar-refractivity contribution >= 4 is 23.0 Å². The Morgan fingerprint density at radius 2 is 2.07 bits per heavy atom. The summed E-state index contributed by atoms with van der Waals surface area (Å²) >= 11 is 0. The highest BCUT2D eigenvalue weighted by Gasteiger charge is 2.24. The molecule has 1 aromatic carbocycles. The first-order valence-corrected chi connectivity index (χ1v) is 8.53. The zero-order valence-corrected chi connectivity index (χ0v) is 15.4. The van der Waals surface area contributed by atoms with E-state index in [9.17, 15) is 14.0 Å². The summed E-state index contributed by atoms with van der Waals surface area (Å²) in [5, 5.41) is 6.81. The highest BCUT2D eigenvalue weighted by Crippen LogP contribution is 2.28. The van der Waals surface area contributed by atoms with E-state index in [-0.39, 0.29) is 23.6 Å². The first-order valence-electron chi connectivity index (χ1n) is 8.53. The van der Waals surface area contributed by atoms with E-state index in [1.54, 1.807) is 6.92 Å². The molecule has 3 aromatic rings. The van der Waals surface area contributed by atoms with E-state index in [2.05, 4.69) is 22.0 Å². The van der Waals surface area contributed by atoms with Gasteiger partial charge in [-0.3, -0.25) is 4.79 Å². The summed E-state index contributed by atoms with van der Waals surface area (Å²) in [5.41, 5.74) is 1.74. The number of carbonyl (C=O) groups excluding carboxylic acids is 2. The highest BCUT2D eigenvalue weighted by molar-refractivity contribution is 6.05. The van der Waals surface area contributed by atoms with Crippen LogP contribution in [0.4, 0.5) is 4.39 Å². The molecule has 144 valence electrons. The van der Waals surface area contributed by atoms with E-state index in [0.717, 1.165) is 0 Å². The van der Waals surface area contributed by atoms with Crippen molar-refractivity contribution < 1.29 is 23.2 Å². The first-order chi connectivity index (χ1) is 13.4. The van der Waals surface area contributed by atoms with Gasteiger partial charge in [0.15, 0.2) is 6.10 Å². The number of esters is 1. The van der Waals surface area contributed by atoms with Crippen molar-refractivity contribution in [1.29, 1.82) is 0 Å². The second kappa shape index (κ2) is 7.99. The molecule has 0 aliphatic heterocycles. The summed E-state index contributed by atoms with van der Waals surface area (Å²) in [5.74, 6) is -1.55. The molecule has 3 rings (SSSR count). The van der Waals surface area contributed by atoms with E-state index >= 15 is 0 Å². The van der Waals surface area contributed by atoms with Gasteiger partial charge >= 0.3 is 5.97 Å². The number of halogens is 1. The van der Waals surface area contributed by atoms with Gasteiger partial charge in [-0.2, -0.15) is 0 Å². The minimum atomic E-state index is -1.01. The molecule has 0 aliphatic carbocycles. The monoisotopic (exact) mass is 383 g/mol. The summed E-state index contributed by atoms with van der Waals surface area (Å²) in [7, 11) is 0. The fourth-order valence-corrected chi connectivity index (χ4v) is 2.62. The van der Waals surface area contributed by atoms with Crippen LogP contribution in [-0.4, -0.2) is 34.7 Å². The van der Waals surface area contributed by atoms with Crippen LogP contribution >= 0.6 is 0 Å². The summed E-state index contributed by atoms with van der Waals surface area (Å²) in [4.78, 5) is 29.1. The van der Waals surface area contributed by atoms with E-state index in [4.69, 9.17) is 9.26 Å². The van der Waals surface area contributed by atoms with Crippen LogP contribution in [0.3, 0.4) is 0 Å². The first kappa shape index (κ1) is 19.2. The molecule has 0 fully saturated rings. The number of nitrogens with one attached hydrogen (secondary N) is 1. The third-order valence-corrected chi connectivity index (χ3v) is 4.05. The number of amides is 1. The molecule has 7 nitrogen and oxygen atoms in total. The number of aryl methyl sites for hydroxylation is 1. The molecule has 8 heteroatoms. The molecule has 28 heavy (non-hydrogen) atoms. The fourth-order valence-electron chi connectivity index (χ4n) is 2.62. The Balaban J connectivity index is 1.97. The minimum absolute atomic E-state index is 0.148. The number of hydrogen-bond donors (Lipinski definition) is 1. The van der Waals surface area contributed by atoms with Gasteiger partial charge in [-0.05, 0) is 44.2 Å². The quantitative estimate of drug-likeness (QED) is 0.519. The Morgan fingerprint density at radius 1 is 1.36 bits per heavy atom. The Kier molecular flexibility index (Phi) is 5.49. The van der Waals surface area contributed by atoms with Crippen LogP contribution in [0.2, 0.25) is 0 Å². The third kappa shape index (κ3) is 3.90. The number of aromatic nitrogens is 2. The lowest BCUT2D eigenvalue weighted by atomic mass is 10.1. The maximum atomic E-state index is 13.2. The van der Waals surface area contributed by atoms with E-state index in [1.807, 2.05) is 0 Å². The number of nitrogens with zero attached hydrogens (tertiary/aromatic N) is 2. The molecular formula is C20H18FN3O4. The second-order valence-electron chi connectivity index (χ2n) is 6.09. The van der Waals surface area contributed by atoms with Gasteiger partial charge in [0.25, 0.3) is 11.6 Å². The van der Waals surface area contributed by atoms with E-state index in [1.165, 1.54) is 43.3 Å². The van der Waals surface area contributed by atoms with Crippen molar-refractivity contribution in [3.8, 4) is 11.3 Å².